The van der Waals surface area contributed by atoms with Crippen molar-refractivity contribution in [3.8, 4) is 0 Å². The van der Waals surface area contributed by atoms with Gasteiger partial charge in [-0.2, -0.15) is 0 Å². The molecule has 1 N–H and O–H groups in total. The van der Waals surface area contributed by atoms with Crippen molar-refractivity contribution < 1.29 is 19.4 Å². The summed E-state index contributed by atoms with van der Waals surface area (Å²) in [6.45, 7) is 8.85. The maximum absolute atomic E-state index is 12.2. The molecule has 0 bridgehead atoms. The lowest BCUT2D eigenvalue weighted by atomic mass is 10.2. The average Bonchev–Trinajstić information content (AvgIpc) is 2.26. The Morgan fingerprint density at radius 2 is 1.95 bits per heavy atom. The van der Waals surface area contributed by atoms with Crippen LogP contribution in [0.25, 0.3) is 0 Å². The lowest BCUT2D eigenvalue weighted by molar-refractivity contribution is -0.145. The third-order valence-corrected chi connectivity index (χ3v) is 2.88. The summed E-state index contributed by atoms with van der Waals surface area (Å²) in [5.41, 5.74) is 0. The van der Waals surface area contributed by atoms with Crippen molar-refractivity contribution in [1.82, 2.24) is 9.80 Å². The lowest BCUT2D eigenvalue weighted by Gasteiger charge is -2.36. The highest BCUT2D eigenvalue weighted by atomic mass is 16.5. The van der Waals surface area contributed by atoms with Crippen LogP contribution in [-0.4, -0.2) is 71.7 Å². The molecule has 6 heteroatoms. The molecule has 1 heterocycles. The predicted octanol–water partition coefficient (Wildman–Crippen LogP) is 0.195. The Hall–Kier alpha value is -1.40. The molecule has 1 aliphatic rings. The number of amides is 1. The second-order valence-electron chi connectivity index (χ2n) is 4.91. The van der Waals surface area contributed by atoms with Gasteiger partial charge in [-0.15, -0.1) is 6.58 Å². The monoisotopic (exact) mass is 270 g/mol. The molecule has 1 saturated heterocycles. The third kappa shape index (κ3) is 5.40. The van der Waals surface area contributed by atoms with Crippen LogP contribution in [0.2, 0.25) is 0 Å². The average molecular weight is 270 g/mol. The van der Waals surface area contributed by atoms with Crippen LogP contribution in [0, 0.1) is 0 Å². The molecule has 0 aromatic heterocycles. The van der Waals surface area contributed by atoms with Crippen LogP contribution in [-0.2, 0) is 14.3 Å². The van der Waals surface area contributed by atoms with E-state index < -0.39 is 5.97 Å². The molecule has 2 atom stereocenters. The summed E-state index contributed by atoms with van der Waals surface area (Å²) in [6, 6.07) is 0. The minimum absolute atomic E-state index is 0.0139. The molecule has 0 aromatic carbocycles. The van der Waals surface area contributed by atoms with Gasteiger partial charge in [0.25, 0.3) is 0 Å². The number of carboxylic acid groups (broad SMARTS) is 1. The number of carbonyl (C=O) groups excluding carboxylic acids is 1. The molecule has 1 aliphatic heterocycles. The Bertz CT molecular complexity index is 336. The van der Waals surface area contributed by atoms with Gasteiger partial charge in [0, 0.05) is 19.6 Å². The summed E-state index contributed by atoms with van der Waals surface area (Å²) in [5.74, 6) is -1.01. The van der Waals surface area contributed by atoms with E-state index in [1.54, 1.807) is 15.9 Å². The van der Waals surface area contributed by atoms with Crippen molar-refractivity contribution in [3.63, 3.8) is 0 Å². The number of morpholine rings is 1. The summed E-state index contributed by atoms with van der Waals surface area (Å²) in [5, 5.41) is 8.80. The Morgan fingerprint density at radius 3 is 2.42 bits per heavy atom. The molecule has 108 valence electrons. The molecule has 1 fully saturated rings. The van der Waals surface area contributed by atoms with Gasteiger partial charge in [0.15, 0.2) is 0 Å². The number of aliphatic carboxylic acids is 1. The van der Waals surface area contributed by atoms with E-state index in [-0.39, 0.29) is 31.2 Å². The first-order valence-electron chi connectivity index (χ1n) is 6.40. The van der Waals surface area contributed by atoms with Gasteiger partial charge in [-0.25, -0.2) is 0 Å². The van der Waals surface area contributed by atoms with Gasteiger partial charge in [0.2, 0.25) is 5.91 Å². The van der Waals surface area contributed by atoms with Gasteiger partial charge in [-0.1, -0.05) is 6.08 Å². The standard InChI is InChI=1S/C13H22N2O4/c1-4-5-14(9-13(17)18)8-12(16)15-6-10(2)19-11(3)7-15/h4,10-11H,1,5-9H2,2-3H3,(H,17,18). The van der Waals surface area contributed by atoms with Crippen LogP contribution < -0.4 is 0 Å². The van der Waals surface area contributed by atoms with Gasteiger partial charge in [-0.3, -0.25) is 14.5 Å². The Labute approximate surface area is 113 Å². The number of rotatable bonds is 6. The molecule has 0 spiro atoms. The minimum Gasteiger partial charge on any atom is -0.480 e. The quantitative estimate of drug-likeness (QED) is 0.698. The van der Waals surface area contributed by atoms with E-state index in [1.807, 2.05) is 13.8 Å². The number of ether oxygens (including phenoxy) is 1. The summed E-state index contributed by atoms with van der Waals surface area (Å²) >= 11 is 0. The first-order valence-corrected chi connectivity index (χ1v) is 6.40. The third-order valence-electron chi connectivity index (χ3n) is 2.88. The van der Waals surface area contributed by atoms with Crippen LogP contribution in [0.4, 0.5) is 0 Å². The molecular weight excluding hydrogens is 248 g/mol. The van der Waals surface area contributed by atoms with Crippen LogP contribution >= 0.6 is 0 Å². The van der Waals surface area contributed by atoms with E-state index in [0.717, 1.165) is 0 Å². The molecule has 6 nitrogen and oxygen atoms in total. The molecule has 19 heavy (non-hydrogen) atoms. The lowest BCUT2D eigenvalue weighted by Crippen LogP contribution is -2.51. The zero-order valence-corrected chi connectivity index (χ0v) is 11.5. The normalized spacial score (nSPS) is 23.4. The molecule has 1 amide bonds. The van der Waals surface area contributed by atoms with Crippen molar-refractivity contribution >= 4 is 11.9 Å². The van der Waals surface area contributed by atoms with Crippen molar-refractivity contribution in [3.05, 3.63) is 12.7 Å². The highest BCUT2D eigenvalue weighted by Crippen LogP contribution is 2.11. The van der Waals surface area contributed by atoms with Gasteiger partial charge in [-0.05, 0) is 13.8 Å². The molecule has 0 saturated carbocycles. The van der Waals surface area contributed by atoms with Crippen LogP contribution in [0.1, 0.15) is 13.8 Å². The molecule has 2 unspecified atom stereocenters. The number of hydrogen-bond donors (Lipinski definition) is 1. The molecular formula is C13H22N2O4. The smallest absolute Gasteiger partial charge is 0.317 e. The van der Waals surface area contributed by atoms with Crippen LogP contribution in [0.3, 0.4) is 0 Å². The fraction of sp³-hybridized carbons (Fsp3) is 0.692. The van der Waals surface area contributed by atoms with Gasteiger partial charge in [0.05, 0.1) is 25.3 Å². The highest BCUT2D eigenvalue weighted by Gasteiger charge is 2.26. The van der Waals surface area contributed by atoms with E-state index >= 15 is 0 Å². The molecule has 1 rings (SSSR count). The second kappa shape index (κ2) is 7.25. The minimum atomic E-state index is -0.946. The van der Waals surface area contributed by atoms with Crippen molar-refractivity contribution in [2.75, 3.05) is 32.7 Å². The number of carbonyl (C=O) groups is 2. The first kappa shape index (κ1) is 15.7. The molecule has 0 aromatic rings. The Balaban J connectivity index is 2.55. The largest absolute Gasteiger partial charge is 0.480 e. The maximum atomic E-state index is 12.2. The zero-order valence-electron chi connectivity index (χ0n) is 11.5. The number of nitrogens with zero attached hydrogens (tertiary/aromatic N) is 2. The molecule has 0 radical (unpaired) electrons. The van der Waals surface area contributed by atoms with E-state index in [1.165, 1.54) is 0 Å². The summed E-state index contributed by atoms with van der Waals surface area (Å²) in [6.07, 6.45) is 1.63. The van der Waals surface area contributed by atoms with Crippen LogP contribution in [0.15, 0.2) is 12.7 Å². The SMILES string of the molecule is C=CCN(CC(=O)O)CC(=O)N1CC(C)OC(C)C1. The predicted molar refractivity (Wildman–Crippen MR) is 70.9 cm³/mol. The van der Waals surface area contributed by atoms with Gasteiger partial charge >= 0.3 is 5.97 Å². The molecule has 0 aliphatic carbocycles. The summed E-state index contributed by atoms with van der Waals surface area (Å²) in [7, 11) is 0. The van der Waals surface area contributed by atoms with Crippen molar-refractivity contribution in [1.29, 1.82) is 0 Å². The highest BCUT2D eigenvalue weighted by molar-refractivity contribution is 5.79. The van der Waals surface area contributed by atoms with E-state index in [4.69, 9.17) is 9.84 Å². The summed E-state index contributed by atoms with van der Waals surface area (Å²) < 4.78 is 5.57. The van der Waals surface area contributed by atoms with Gasteiger partial charge in [0.1, 0.15) is 0 Å². The van der Waals surface area contributed by atoms with Crippen LogP contribution in [0.5, 0.6) is 0 Å². The Morgan fingerprint density at radius 1 is 1.37 bits per heavy atom. The van der Waals surface area contributed by atoms with E-state index in [0.29, 0.717) is 19.6 Å². The number of hydrogen-bond acceptors (Lipinski definition) is 4. The van der Waals surface area contributed by atoms with Crippen molar-refractivity contribution in [2.24, 2.45) is 0 Å². The van der Waals surface area contributed by atoms with E-state index in [2.05, 4.69) is 6.58 Å². The first-order chi connectivity index (χ1) is 8.92. The van der Waals surface area contributed by atoms with Crippen molar-refractivity contribution in [2.45, 2.75) is 26.1 Å². The van der Waals surface area contributed by atoms with Gasteiger partial charge < -0.3 is 14.7 Å². The maximum Gasteiger partial charge on any atom is 0.317 e. The fourth-order valence-electron chi connectivity index (χ4n) is 2.23. The fourth-order valence-corrected chi connectivity index (χ4v) is 2.23. The topological polar surface area (TPSA) is 70.1 Å². The number of carboxylic acids is 1. The zero-order chi connectivity index (χ0) is 14.4. The Kier molecular flexibility index (Phi) is 5.98. The summed E-state index contributed by atoms with van der Waals surface area (Å²) in [4.78, 5) is 26.2. The second-order valence-corrected chi connectivity index (χ2v) is 4.91. The van der Waals surface area contributed by atoms with E-state index in [9.17, 15) is 9.59 Å².